The first-order chi connectivity index (χ1) is 11.0. The summed E-state index contributed by atoms with van der Waals surface area (Å²) >= 11 is 3.34. The van der Waals surface area contributed by atoms with Gasteiger partial charge in [0.1, 0.15) is 11.5 Å². The molecule has 2 aromatic rings. The fourth-order valence-corrected chi connectivity index (χ4v) is 2.48. The van der Waals surface area contributed by atoms with E-state index in [0.717, 1.165) is 14.9 Å². The topological polar surface area (TPSA) is 49.4 Å². The van der Waals surface area contributed by atoms with E-state index in [2.05, 4.69) is 21.2 Å². The van der Waals surface area contributed by atoms with E-state index in [1.54, 1.807) is 12.1 Å². The molecule has 0 spiro atoms. The summed E-state index contributed by atoms with van der Waals surface area (Å²) in [6.07, 6.45) is 1.53. The quantitative estimate of drug-likeness (QED) is 0.657. The standard InChI is InChI=1S/C17H12BrFN2O2/c18-13-5-1-12(2-6-13)10-21-16(22)15(20-17(21)23)9-11-3-7-14(19)8-4-11/h1-9H,10H2,(H,20,23). The molecule has 0 atom stereocenters. The first-order valence-electron chi connectivity index (χ1n) is 6.87. The third kappa shape index (κ3) is 3.48. The number of hydrogen-bond donors (Lipinski definition) is 1. The van der Waals surface area contributed by atoms with Crippen LogP contribution in [0.1, 0.15) is 11.1 Å². The molecule has 3 amide bonds. The monoisotopic (exact) mass is 374 g/mol. The van der Waals surface area contributed by atoms with Crippen LogP contribution in [0, 0.1) is 5.82 Å². The Morgan fingerprint density at radius 1 is 1.04 bits per heavy atom. The van der Waals surface area contributed by atoms with Crippen molar-refractivity contribution in [2.75, 3.05) is 0 Å². The zero-order valence-corrected chi connectivity index (χ0v) is 13.5. The van der Waals surface area contributed by atoms with Crippen LogP contribution in [0.25, 0.3) is 6.08 Å². The molecule has 0 unspecified atom stereocenters. The summed E-state index contributed by atoms with van der Waals surface area (Å²) in [5.74, 6) is -0.756. The highest BCUT2D eigenvalue weighted by molar-refractivity contribution is 9.10. The molecule has 116 valence electrons. The minimum Gasteiger partial charge on any atom is -0.303 e. The predicted octanol–water partition coefficient (Wildman–Crippen LogP) is 3.68. The van der Waals surface area contributed by atoms with Crippen molar-refractivity contribution in [1.29, 1.82) is 0 Å². The molecular weight excluding hydrogens is 363 g/mol. The summed E-state index contributed by atoms with van der Waals surface area (Å²) in [7, 11) is 0. The van der Waals surface area contributed by atoms with Crippen LogP contribution >= 0.6 is 15.9 Å². The SMILES string of the molecule is O=C1NC(=Cc2ccc(F)cc2)C(=O)N1Cc1ccc(Br)cc1. The van der Waals surface area contributed by atoms with Crippen molar-refractivity contribution >= 4 is 33.9 Å². The Balaban J connectivity index is 1.79. The van der Waals surface area contributed by atoms with Gasteiger partial charge in [0.15, 0.2) is 0 Å². The van der Waals surface area contributed by atoms with E-state index >= 15 is 0 Å². The summed E-state index contributed by atoms with van der Waals surface area (Å²) in [6.45, 7) is 0.193. The minimum atomic E-state index is -0.466. The fraction of sp³-hybridized carbons (Fsp3) is 0.0588. The van der Waals surface area contributed by atoms with Gasteiger partial charge in [-0.25, -0.2) is 9.18 Å². The molecule has 1 saturated heterocycles. The summed E-state index contributed by atoms with van der Waals surface area (Å²) in [5.41, 5.74) is 1.67. The molecule has 23 heavy (non-hydrogen) atoms. The highest BCUT2D eigenvalue weighted by atomic mass is 79.9. The number of carbonyl (C=O) groups excluding carboxylic acids is 2. The number of amides is 3. The second-order valence-corrected chi connectivity index (χ2v) is 5.97. The lowest BCUT2D eigenvalue weighted by atomic mass is 10.2. The smallest absolute Gasteiger partial charge is 0.303 e. The molecule has 3 rings (SSSR count). The van der Waals surface area contributed by atoms with E-state index in [0.29, 0.717) is 5.56 Å². The Bertz CT molecular complexity index is 785. The molecule has 0 aliphatic carbocycles. The van der Waals surface area contributed by atoms with Gasteiger partial charge in [0, 0.05) is 4.47 Å². The highest BCUT2D eigenvalue weighted by Gasteiger charge is 2.33. The van der Waals surface area contributed by atoms with Crippen LogP contribution in [0.15, 0.2) is 58.7 Å². The molecule has 1 N–H and O–H groups in total. The van der Waals surface area contributed by atoms with Gasteiger partial charge in [0.25, 0.3) is 5.91 Å². The molecule has 4 nitrogen and oxygen atoms in total. The third-order valence-electron chi connectivity index (χ3n) is 3.40. The van der Waals surface area contributed by atoms with Crippen molar-refractivity contribution in [3.63, 3.8) is 0 Å². The van der Waals surface area contributed by atoms with E-state index in [9.17, 15) is 14.0 Å². The minimum absolute atomic E-state index is 0.179. The van der Waals surface area contributed by atoms with Gasteiger partial charge in [-0.1, -0.05) is 40.2 Å². The number of rotatable bonds is 3. The number of benzene rings is 2. The van der Waals surface area contributed by atoms with Gasteiger partial charge in [-0.3, -0.25) is 9.69 Å². The van der Waals surface area contributed by atoms with Gasteiger partial charge in [-0.15, -0.1) is 0 Å². The lowest BCUT2D eigenvalue weighted by Gasteiger charge is -2.11. The van der Waals surface area contributed by atoms with Gasteiger partial charge >= 0.3 is 6.03 Å². The molecule has 1 heterocycles. The first-order valence-corrected chi connectivity index (χ1v) is 7.67. The van der Waals surface area contributed by atoms with Crippen LogP contribution in [0.5, 0.6) is 0 Å². The summed E-state index contributed by atoms with van der Waals surface area (Å²) in [6, 6.07) is 12.6. The Morgan fingerprint density at radius 3 is 2.35 bits per heavy atom. The number of hydrogen-bond acceptors (Lipinski definition) is 2. The average Bonchev–Trinajstić information content (AvgIpc) is 2.79. The van der Waals surface area contributed by atoms with Crippen molar-refractivity contribution in [3.8, 4) is 0 Å². The van der Waals surface area contributed by atoms with E-state index in [4.69, 9.17) is 0 Å². The van der Waals surface area contributed by atoms with E-state index in [1.165, 1.54) is 18.2 Å². The summed E-state index contributed by atoms with van der Waals surface area (Å²) in [5, 5.41) is 2.54. The molecular formula is C17H12BrFN2O2. The number of imide groups is 1. The molecule has 0 bridgehead atoms. The van der Waals surface area contributed by atoms with Gasteiger partial charge in [0.05, 0.1) is 6.54 Å². The second kappa shape index (κ2) is 6.34. The lowest BCUT2D eigenvalue weighted by Crippen LogP contribution is -2.30. The van der Waals surface area contributed by atoms with Gasteiger partial charge < -0.3 is 5.32 Å². The van der Waals surface area contributed by atoms with Crippen LogP contribution in [-0.4, -0.2) is 16.8 Å². The van der Waals surface area contributed by atoms with E-state index in [1.807, 2.05) is 24.3 Å². The van der Waals surface area contributed by atoms with Crippen molar-refractivity contribution in [2.45, 2.75) is 6.54 Å². The maximum atomic E-state index is 12.9. The highest BCUT2D eigenvalue weighted by Crippen LogP contribution is 2.18. The Kier molecular flexibility index (Phi) is 4.25. The number of nitrogens with one attached hydrogen (secondary N) is 1. The number of halogens is 2. The zero-order valence-electron chi connectivity index (χ0n) is 11.9. The normalized spacial score (nSPS) is 16.1. The summed E-state index contributed by atoms with van der Waals surface area (Å²) < 4.78 is 13.8. The maximum Gasteiger partial charge on any atom is 0.329 e. The number of carbonyl (C=O) groups is 2. The molecule has 1 fully saturated rings. The maximum absolute atomic E-state index is 12.9. The fourth-order valence-electron chi connectivity index (χ4n) is 2.21. The number of nitrogens with zero attached hydrogens (tertiary/aromatic N) is 1. The van der Waals surface area contributed by atoms with Crippen LogP contribution in [0.2, 0.25) is 0 Å². The molecule has 0 saturated carbocycles. The first kappa shape index (κ1) is 15.4. The van der Waals surface area contributed by atoms with Crippen LogP contribution in [0.4, 0.5) is 9.18 Å². The Labute approximate surface area is 140 Å². The zero-order chi connectivity index (χ0) is 16.4. The van der Waals surface area contributed by atoms with Crippen molar-refractivity contribution < 1.29 is 14.0 Å². The lowest BCUT2D eigenvalue weighted by molar-refractivity contribution is -0.123. The van der Waals surface area contributed by atoms with Crippen molar-refractivity contribution in [1.82, 2.24) is 10.2 Å². The van der Waals surface area contributed by atoms with E-state index < -0.39 is 11.9 Å². The Morgan fingerprint density at radius 2 is 1.70 bits per heavy atom. The summed E-state index contributed by atoms with van der Waals surface area (Å²) in [4.78, 5) is 25.5. The van der Waals surface area contributed by atoms with E-state index in [-0.39, 0.29) is 18.1 Å². The molecule has 1 aliphatic heterocycles. The second-order valence-electron chi connectivity index (χ2n) is 5.06. The van der Waals surface area contributed by atoms with Crippen LogP contribution in [-0.2, 0) is 11.3 Å². The molecule has 0 aromatic heterocycles. The van der Waals surface area contributed by atoms with Gasteiger partial charge in [0.2, 0.25) is 0 Å². The number of urea groups is 1. The molecule has 0 radical (unpaired) electrons. The van der Waals surface area contributed by atoms with Crippen molar-refractivity contribution in [2.24, 2.45) is 0 Å². The predicted molar refractivity (Wildman–Crippen MR) is 87.6 cm³/mol. The third-order valence-corrected chi connectivity index (χ3v) is 3.93. The molecule has 1 aliphatic rings. The van der Waals surface area contributed by atoms with Crippen LogP contribution < -0.4 is 5.32 Å². The van der Waals surface area contributed by atoms with Gasteiger partial charge in [-0.2, -0.15) is 0 Å². The Hall–Kier alpha value is -2.47. The average molecular weight is 375 g/mol. The largest absolute Gasteiger partial charge is 0.329 e. The van der Waals surface area contributed by atoms with Gasteiger partial charge in [-0.05, 0) is 41.5 Å². The van der Waals surface area contributed by atoms with Crippen molar-refractivity contribution in [3.05, 3.63) is 75.6 Å². The molecule has 2 aromatic carbocycles. The molecule has 6 heteroatoms. The van der Waals surface area contributed by atoms with Crippen LogP contribution in [0.3, 0.4) is 0 Å².